The van der Waals surface area contributed by atoms with Crippen molar-refractivity contribution in [3.63, 3.8) is 0 Å². The van der Waals surface area contributed by atoms with Gasteiger partial charge in [0.1, 0.15) is 11.8 Å². The number of unbranched alkanes of at least 4 members (excludes halogenated alkanes) is 1. The molecule has 0 radical (unpaired) electrons. The number of benzene rings is 2. The molecule has 0 fully saturated rings. The van der Waals surface area contributed by atoms with Crippen LogP contribution in [-0.2, 0) is 22.6 Å². The fourth-order valence-electron chi connectivity index (χ4n) is 3.54. The van der Waals surface area contributed by atoms with Gasteiger partial charge in [-0.15, -0.1) is 0 Å². The maximum absolute atomic E-state index is 13.3. The summed E-state index contributed by atoms with van der Waals surface area (Å²) in [6, 6.07) is 13.3. The number of hydrogen-bond acceptors (Lipinski definition) is 3. The third-order valence-electron chi connectivity index (χ3n) is 5.41. The van der Waals surface area contributed by atoms with Crippen molar-refractivity contribution in [2.45, 2.75) is 66.0 Å². The first-order valence-corrected chi connectivity index (χ1v) is 12.2. The number of amides is 2. The molecule has 2 aromatic carbocycles. The molecule has 0 heterocycles. The lowest BCUT2D eigenvalue weighted by molar-refractivity contribution is -0.143. The molecule has 0 aliphatic rings. The van der Waals surface area contributed by atoms with E-state index in [0.29, 0.717) is 25.3 Å². The third kappa shape index (κ3) is 7.66. The minimum atomic E-state index is -0.547. The first-order valence-electron chi connectivity index (χ1n) is 11.4. The normalized spacial score (nSPS) is 11.7. The lowest BCUT2D eigenvalue weighted by Crippen LogP contribution is -2.50. The van der Waals surface area contributed by atoms with Gasteiger partial charge in [0.25, 0.3) is 5.91 Å². The maximum Gasteiger partial charge on any atom is 0.261 e. The molecule has 1 atom stereocenters. The summed E-state index contributed by atoms with van der Waals surface area (Å²) in [5, 5.41) is 2.98. The van der Waals surface area contributed by atoms with E-state index in [4.69, 9.17) is 4.74 Å². The Morgan fingerprint density at radius 1 is 1.09 bits per heavy atom. The molecule has 0 saturated carbocycles. The van der Waals surface area contributed by atoms with E-state index >= 15 is 0 Å². The van der Waals surface area contributed by atoms with Gasteiger partial charge in [0.2, 0.25) is 5.91 Å². The van der Waals surface area contributed by atoms with Gasteiger partial charge in [-0.2, -0.15) is 0 Å². The molecule has 2 rings (SSSR count). The number of hydrogen-bond donors (Lipinski definition) is 1. The zero-order valence-electron chi connectivity index (χ0n) is 19.6. The van der Waals surface area contributed by atoms with Crippen LogP contribution >= 0.6 is 15.9 Å². The molecule has 1 unspecified atom stereocenters. The van der Waals surface area contributed by atoms with E-state index in [1.54, 1.807) is 4.90 Å². The van der Waals surface area contributed by atoms with Crippen molar-refractivity contribution in [3.05, 3.63) is 63.6 Å². The standard InChI is InChI=1S/C26H35BrN2O3/c1-5-8-14-28-26(31)23(7-3)29(17-21-11-9-10-19(4)15-21)25(30)18-32-24-13-12-20(6-2)16-22(24)27/h9-13,15-16,23H,5-8,14,17-18H2,1-4H3,(H,28,31). The first kappa shape index (κ1) is 25.9. The van der Waals surface area contributed by atoms with Crippen LogP contribution in [0.2, 0.25) is 0 Å². The van der Waals surface area contributed by atoms with Gasteiger partial charge in [-0.25, -0.2) is 0 Å². The minimum Gasteiger partial charge on any atom is -0.483 e. The fourth-order valence-corrected chi connectivity index (χ4v) is 4.08. The van der Waals surface area contributed by atoms with Crippen LogP contribution < -0.4 is 10.1 Å². The molecule has 2 amide bonds. The van der Waals surface area contributed by atoms with Crippen molar-refractivity contribution in [3.8, 4) is 5.75 Å². The number of rotatable bonds is 12. The Balaban J connectivity index is 2.19. The van der Waals surface area contributed by atoms with Gasteiger partial charge in [-0.1, -0.05) is 63.1 Å². The summed E-state index contributed by atoms with van der Waals surface area (Å²) in [5.41, 5.74) is 3.30. The molecule has 1 N–H and O–H groups in total. The lowest BCUT2D eigenvalue weighted by atomic mass is 10.1. The molecule has 32 heavy (non-hydrogen) atoms. The molecule has 0 saturated heterocycles. The van der Waals surface area contributed by atoms with Crippen LogP contribution in [0, 0.1) is 6.92 Å². The van der Waals surface area contributed by atoms with Crippen molar-refractivity contribution in [2.75, 3.05) is 13.2 Å². The Morgan fingerprint density at radius 2 is 1.88 bits per heavy atom. The fraction of sp³-hybridized carbons (Fsp3) is 0.462. The topological polar surface area (TPSA) is 58.6 Å². The van der Waals surface area contributed by atoms with Crippen LogP contribution in [-0.4, -0.2) is 35.9 Å². The van der Waals surface area contributed by atoms with E-state index in [0.717, 1.165) is 34.9 Å². The number of nitrogens with zero attached hydrogens (tertiary/aromatic N) is 1. The maximum atomic E-state index is 13.3. The highest BCUT2D eigenvalue weighted by Crippen LogP contribution is 2.26. The molecule has 0 aliphatic carbocycles. The lowest BCUT2D eigenvalue weighted by Gasteiger charge is -2.30. The second-order valence-corrected chi connectivity index (χ2v) is 8.84. The van der Waals surface area contributed by atoms with Crippen LogP contribution in [0.4, 0.5) is 0 Å². The monoisotopic (exact) mass is 502 g/mol. The number of carbonyl (C=O) groups is 2. The molecule has 0 bridgehead atoms. The van der Waals surface area contributed by atoms with Crippen molar-refractivity contribution in [1.29, 1.82) is 0 Å². The second-order valence-electron chi connectivity index (χ2n) is 7.99. The van der Waals surface area contributed by atoms with Crippen LogP contribution in [0.1, 0.15) is 56.7 Å². The Bertz CT molecular complexity index is 900. The van der Waals surface area contributed by atoms with E-state index in [1.165, 1.54) is 5.56 Å². The van der Waals surface area contributed by atoms with Gasteiger partial charge in [-0.05, 0) is 65.4 Å². The Kier molecular flexibility index (Phi) is 10.7. The summed E-state index contributed by atoms with van der Waals surface area (Å²) in [5.74, 6) is 0.289. The molecule has 5 nitrogen and oxygen atoms in total. The molecule has 0 aromatic heterocycles. The third-order valence-corrected chi connectivity index (χ3v) is 6.03. The average Bonchev–Trinajstić information content (AvgIpc) is 2.78. The number of nitrogens with one attached hydrogen (secondary N) is 1. The summed E-state index contributed by atoms with van der Waals surface area (Å²) in [4.78, 5) is 27.8. The van der Waals surface area contributed by atoms with Gasteiger partial charge in [0.15, 0.2) is 6.61 Å². The summed E-state index contributed by atoms with van der Waals surface area (Å²) in [6.45, 7) is 8.97. The smallest absolute Gasteiger partial charge is 0.261 e. The summed E-state index contributed by atoms with van der Waals surface area (Å²) in [7, 11) is 0. The van der Waals surface area contributed by atoms with Crippen LogP contribution in [0.25, 0.3) is 0 Å². The second kappa shape index (κ2) is 13.3. The summed E-state index contributed by atoms with van der Waals surface area (Å²) in [6.07, 6.45) is 3.37. The molecular weight excluding hydrogens is 468 g/mol. The molecule has 2 aromatic rings. The van der Waals surface area contributed by atoms with Gasteiger partial charge in [-0.3, -0.25) is 9.59 Å². The Hall–Kier alpha value is -2.34. The van der Waals surface area contributed by atoms with Gasteiger partial charge in [0.05, 0.1) is 4.47 Å². The molecule has 6 heteroatoms. The molecule has 0 spiro atoms. The van der Waals surface area contributed by atoms with E-state index in [2.05, 4.69) is 35.1 Å². The molecular formula is C26H35BrN2O3. The molecule has 174 valence electrons. The predicted octanol–water partition coefficient (Wildman–Crippen LogP) is 5.42. The van der Waals surface area contributed by atoms with Gasteiger partial charge in [0, 0.05) is 13.1 Å². The van der Waals surface area contributed by atoms with E-state index in [-0.39, 0.29) is 18.4 Å². The van der Waals surface area contributed by atoms with Crippen LogP contribution in [0.3, 0.4) is 0 Å². The summed E-state index contributed by atoms with van der Waals surface area (Å²) >= 11 is 3.52. The Morgan fingerprint density at radius 3 is 2.50 bits per heavy atom. The largest absolute Gasteiger partial charge is 0.483 e. The van der Waals surface area contributed by atoms with E-state index in [9.17, 15) is 9.59 Å². The average molecular weight is 503 g/mol. The SMILES string of the molecule is CCCCNC(=O)C(CC)N(Cc1cccc(C)c1)C(=O)COc1ccc(CC)cc1Br. The van der Waals surface area contributed by atoms with Crippen molar-refractivity contribution < 1.29 is 14.3 Å². The minimum absolute atomic E-state index is 0.115. The van der Waals surface area contributed by atoms with Gasteiger partial charge < -0.3 is 15.0 Å². The highest BCUT2D eigenvalue weighted by molar-refractivity contribution is 9.10. The van der Waals surface area contributed by atoms with E-state index in [1.807, 2.05) is 56.3 Å². The number of aryl methyl sites for hydroxylation is 2. The predicted molar refractivity (Wildman–Crippen MR) is 133 cm³/mol. The van der Waals surface area contributed by atoms with Crippen molar-refractivity contribution in [2.24, 2.45) is 0 Å². The zero-order chi connectivity index (χ0) is 23.5. The highest BCUT2D eigenvalue weighted by atomic mass is 79.9. The molecule has 0 aliphatic heterocycles. The van der Waals surface area contributed by atoms with Crippen molar-refractivity contribution >= 4 is 27.7 Å². The van der Waals surface area contributed by atoms with Crippen molar-refractivity contribution in [1.82, 2.24) is 10.2 Å². The first-order chi connectivity index (χ1) is 15.4. The zero-order valence-corrected chi connectivity index (χ0v) is 21.2. The van der Waals surface area contributed by atoms with Crippen LogP contribution in [0.5, 0.6) is 5.75 Å². The van der Waals surface area contributed by atoms with E-state index < -0.39 is 6.04 Å². The van der Waals surface area contributed by atoms with Gasteiger partial charge >= 0.3 is 0 Å². The highest BCUT2D eigenvalue weighted by Gasteiger charge is 2.29. The Labute approximate surface area is 200 Å². The number of ether oxygens (including phenoxy) is 1. The quantitative estimate of drug-likeness (QED) is 0.394. The van der Waals surface area contributed by atoms with Crippen LogP contribution in [0.15, 0.2) is 46.9 Å². The number of carbonyl (C=O) groups excluding carboxylic acids is 2. The summed E-state index contributed by atoms with van der Waals surface area (Å²) < 4.78 is 6.66. The number of halogens is 1.